The van der Waals surface area contributed by atoms with Gasteiger partial charge in [0.25, 0.3) is 0 Å². The smallest absolute Gasteiger partial charge is 0.146 e. The maximum absolute atomic E-state index is 13.9. The summed E-state index contributed by atoms with van der Waals surface area (Å²) in [4.78, 5) is 2.96. The Labute approximate surface area is 115 Å². The quantitative estimate of drug-likeness (QED) is 0.929. The number of thiophene rings is 1. The molecule has 0 radical (unpaired) electrons. The largest absolute Gasteiger partial charge is 0.367 e. The fourth-order valence-electron chi connectivity index (χ4n) is 1.74. The zero-order valence-electron chi connectivity index (χ0n) is 9.99. The number of anilines is 1. The Hall–Kier alpha value is -1.10. The standard InChI is InChI=1S/C13H14ClFN2S/c1-17(8-10-3-5-13(14)18-10)12-4-2-9(7-16)6-11(12)15/h2-6H,7-8,16H2,1H3. The first-order valence-corrected chi connectivity index (χ1v) is 6.73. The molecule has 0 saturated carbocycles. The van der Waals surface area contributed by atoms with E-state index in [2.05, 4.69) is 0 Å². The Morgan fingerprint density at radius 3 is 2.67 bits per heavy atom. The highest BCUT2D eigenvalue weighted by Gasteiger charge is 2.09. The van der Waals surface area contributed by atoms with Gasteiger partial charge in [0.2, 0.25) is 0 Å². The van der Waals surface area contributed by atoms with Crippen LogP contribution in [0.25, 0.3) is 0 Å². The van der Waals surface area contributed by atoms with Crippen LogP contribution in [0.2, 0.25) is 4.34 Å². The third-order valence-electron chi connectivity index (χ3n) is 2.68. The van der Waals surface area contributed by atoms with Gasteiger partial charge < -0.3 is 10.6 Å². The Bertz CT molecular complexity index is 542. The van der Waals surface area contributed by atoms with Crippen molar-refractivity contribution >= 4 is 28.6 Å². The minimum Gasteiger partial charge on any atom is -0.367 e. The van der Waals surface area contributed by atoms with Crippen LogP contribution in [0, 0.1) is 5.82 Å². The van der Waals surface area contributed by atoms with E-state index in [-0.39, 0.29) is 5.82 Å². The summed E-state index contributed by atoms with van der Waals surface area (Å²) >= 11 is 7.38. The predicted molar refractivity (Wildman–Crippen MR) is 75.7 cm³/mol. The summed E-state index contributed by atoms with van der Waals surface area (Å²) in [6.07, 6.45) is 0. The molecular formula is C13H14ClFN2S. The van der Waals surface area contributed by atoms with Crippen molar-refractivity contribution in [3.8, 4) is 0 Å². The molecule has 0 aliphatic heterocycles. The van der Waals surface area contributed by atoms with E-state index in [1.165, 1.54) is 17.4 Å². The first-order chi connectivity index (χ1) is 8.60. The van der Waals surface area contributed by atoms with E-state index in [1.807, 2.05) is 30.1 Å². The first-order valence-electron chi connectivity index (χ1n) is 5.54. The van der Waals surface area contributed by atoms with Gasteiger partial charge in [-0.25, -0.2) is 4.39 Å². The van der Waals surface area contributed by atoms with Crippen LogP contribution < -0.4 is 10.6 Å². The number of halogens is 2. The summed E-state index contributed by atoms with van der Waals surface area (Å²) in [6, 6.07) is 8.88. The SMILES string of the molecule is CN(Cc1ccc(Cl)s1)c1ccc(CN)cc1F. The molecule has 5 heteroatoms. The molecule has 96 valence electrons. The van der Waals surface area contributed by atoms with Crippen LogP contribution >= 0.6 is 22.9 Å². The molecule has 0 unspecified atom stereocenters. The maximum atomic E-state index is 13.9. The van der Waals surface area contributed by atoms with Gasteiger partial charge in [-0.3, -0.25) is 0 Å². The second-order valence-corrected chi connectivity index (χ2v) is 5.85. The van der Waals surface area contributed by atoms with Crippen molar-refractivity contribution in [2.75, 3.05) is 11.9 Å². The lowest BCUT2D eigenvalue weighted by molar-refractivity contribution is 0.620. The topological polar surface area (TPSA) is 29.3 Å². The van der Waals surface area contributed by atoms with Crippen molar-refractivity contribution in [2.45, 2.75) is 13.1 Å². The van der Waals surface area contributed by atoms with Crippen molar-refractivity contribution in [3.05, 3.63) is 50.9 Å². The van der Waals surface area contributed by atoms with E-state index >= 15 is 0 Å². The fraction of sp³-hybridized carbons (Fsp3) is 0.231. The van der Waals surface area contributed by atoms with Crippen LogP contribution in [0.5, 0.6) is 0 Å². The number of nitrogens with two attached hydrogens (primary N) is 1. The van der Waals surface area contributed by atoms with E-state index in [9.17, 15) is 4.39 Å². The molecule has 0 spiro atoms. The molecule has 0 atom stereocenters. The van der Waals surface area contributed by atoms with E-state index in [4.69, 9.17) is 17.3 Å². The predicted octanol–water partition coefficient (Wildman–Crippen LogP) is 3.64. The molecule has 1 aromatic heterocycles. The highest BCUT2D eigenvalue weighted by Crippen LogP contribution is 2.26. The summed E-state index contributed by atoms with van der Waals surface area (Å²) in [5.74, 6) is -0.247. The molecule has 1 heterocycles. The van der Waals surface area contributed by atoms with Gasteiger partial charge in [0, 0.05) is 18.5 Å². The minimum atomic E-state index is -0.247. The lowest BCUT2D eigenvalue weighted by atomic mass is 10.2. The van der Waals surface area contributed by atoms with Gasteiger partial charge in [-0.1, -0.05) is 17.7 Å². The van der Waals surface area contributed by atoms with Gasteiger partial charge in [0.05, 0.1) is 16.6 Å². The van der Waals surface area contributed by atoms with E-state index < -0.39 is 0 Å². The molecule has 2 nitrogen and oxygen atoms in total. The Kier molecular flexibility index (Phi) is 4.22. The molecule has 0 saturated heterocycles. The van der Waals surface area contributed by atoms with Gasteiger partial charge in [-0.05, 0) is 29.8 Å². The molecule has 0 fully saturated rings. The zero-order valence-corrected chi connectivity index (χ0v) is 11.6. The van der Waals surface area contributed by atoms with Crippen LogP contribution in [0.15, 0.2) is 30.3 Å². The summed E-state index contributed by atoms with van der Waals surface area (Å²) in [7, 11) is 1.86. The molecular weight excluding hydrogens is 271 g/mol. The molecule has 18 heavy (non-hydrogen) atoms. The van der Waals surface area contributed by atoms with Gasteiger partial charge >= 0.3 is 0 Å². The number of hydrogen-bond acceptors (Lipinski definition) is 3. The first kappa shape index (κ1) is 13.3. The van der Waals surface area contributed by atoms with Crippen LogP contribution in [0.4, 0.5) is 10.1 Å². The van der Waals surface area contributed by atoms with Crippen LogP contribution in [0.1, 0.15) is 10.4 Å². The van der Waals surface area contributed by atoms with Gasteiger partial charge in [0.1, 0.15) is 5.82 Å². The van der Waals surface area contributed by atoms with Crippen LogP contribution in [-0.4, -0.2) is 7.05 Å². The number of hydrogen-bond donors (Lipinski definition) is 1. The van der Waals surface area contributed by atoms with Crippen molar-refractivity contribution < 1.29 is 4.39 Å². The fourth-order valence-corrected chi connectivity index (χ4v) is 2.88. The third kappa shape index (κ3) is 3.02. The van der Waals surface area contributed by atoms with Gasteiger partial charge in [-0.15, -0.1) is 11.3 Å². The van der Waals surface area contributed by atoms with Gasteiger partial charge in [0.15, 0.2) is 0 Å². The van der Waals surface area contributed by atoms with E-state index in [0.717, 1.165) is 14.8 Å². The van der Waals surface area contributed by atoms with Crippen molar-refractivity contribution in [1.29, 1.82) is 0 Å². The Balaban J connectivity index is 2.15. The molecule has 0 aliphatic rings. The second kappa shape index (κ2) is 5.69. The van der Waals surface area contributed by atoms with E-state index in [1.54, 1.807) is 6.07 Å². The van der Waals surface area contributed by atoms with Crippen LogP contribution in [-0.2, 0) is 13.1 Å². The average Bonchev–Trinajstić information content (AvgIpc) is 2.74. The average molecular weight is 285 g/mol. The van der Waals surface area contributed by atoms with Crippen molar-refractivity contribution in [2.24, 2.45) is 5.73 Å². The number of nitrogens with zero attached hydrogens (tertiary/aromatic N) is 1. The van der Waals surface area contributed by atoms with E-state index in [0.29, 0.717) is 18.8 Å². The number of benzene rings is 1. The second-order valence-electron chi connectivity index (χ2n) is 4.05. The number of rotatable bonds is 4. The third-order valence-corrected chi connectivity index (χ3v) is 3.90. The van der Waals surface area contributed by atoms with Crippen LogP contribution in [0.3, 0.4) is 0 Å². The molecule has 2 aromatic rings. The summed E-state index contributed by atoms with van der Waals surface area (Å²) < 4.78 is 14.6. The summed E-state index contributed by atoms with van der Waals surface area (Å²) in [6.45, 7) is 0.984. The minimum absolute atomic E-state index is 0.247. The molecule has 0 aliphatic carbocycles. The monoisotopic (exact) mass is 284 g/mol. The summed E-state index contributed by atoms with van der Waals surface area (Å²) in [5, 5.41) is 0. The Morgan fingerprint density at radius 1 is 1.33 bits per heavy atom. The molecule has 0 bridgehead atoms. The maximum Gasteiger partial charge on any atom is 0.146 e. The molecule has 2 N–H and O–H groups in total. The zero-order chi connectivity index (χ0) is 13.1. The van der Waals surface area contributed by atoms with Gasteiger partial charge in [-0.2, -0.15) is 0 Å². The molecule has 0 amide bonds. The van der Waals surface area contributed by atoms with Crippen molar-refractivity contribution in [3.63, 3.8) is 0 Å². The Morgan fingerprint density at radius 2 is 2.11 bits per heavy atom. The highest BCUT2D eigenvalue weighted by molar-refractivity contribution is 7.16. The molecule has 1 aromatic carbocycles. The normalized spacial score (nSPS) is 10.7. The summed E-state index contributed by atoms with van der Waals surface area (Å²) in [5.41, 5.74) is 6.84. The molecule has 2 rings (SSSR count). The lowest BCUT2D eigenvalue weighted by Crippen LogP contribution is -2.17. The van der Waals surface area contributed by atoms with Crippen molar-refractivity contribution in [1.82, 2.24) is 0 Å². The lowest BCUT2D eigenvalue weighted by Gasteiger charge is -2.19. The highest BCUT2D eigenvalue weighted by atomic mass is 35.5.